The molecule has 0 aliphatic rings. The van der Waals surface area contributed by atoms with Gasteiger partial charge in [0.05, 0.1) is 13.2 Å². The summed E-state index contributed by atoms with van der Waals surface area (Å²) in [5.41, 5.74) is 6.14. The zero-order valence-electron chi connectivity index (χ0n) is 9.29. The number of benzene rings is 1. The smallest absolute Gasteiger partial charge is 0.234 e. The fourth-order valence-electron chi connectivity index (χ4n) is 1.25. The highest BCUT2D eigenvalue weighted by molar-refractivity contribution is 9.10. The molecule has 0 saturated carbocycles. The summed E-state index contributed by atoms with van der Waals surface area (Å²) in [6.45, 7) is 2.26. The molecule has 0 radical (unpaired) electrons. The minimum atomic E-state index is -0.367. The molecule has 88 valence electrons. The van der Waals surface area contributed by atoms with E-state index in [1.165, 1.54) is 0 Å². The molecule has 1 rings (SSSR count). The van der Waals surface area contributed by atoms with Crippen LogP contribution in [0.2, 0.25) is 0 Å². The SMILES string of the molecule is COc1ccc(Br)cc1CNC(C)C(N)=O. The van der Waals surface area contributed by atoms with Gasteiger partial charge in [0.15, 0.2) is 0 Å². The van der Waals surface area contributed by atoms with E-state index >= 15 is 0 Å². The molecule has 3 N–H and O–H groups in total. The number of carbonyl (C=O) groups excluding carboxylic acids is 1. The number of rotatable bonds is 5. The molecule has 0 aliphatic carbocycles. The Morgan fingerprint density at radius 2 is 2.31 bits per heavy atom. The van der Waals surface area contributed by atoms with E-state index in [2.05, 4.69) is 21.2 Å². The Hall–Kier alpha value is -1.07. The van der Waals surface area contributed by atoms with Crippen LogP contribution in [0.5, 0.6) is 5.75 Å². The second-order valence-electron chi connectivity index (χ2n) is 3.46. The molecule has 0 aliphatic heterocycles. The molecule has 1 aromatic carbocycles. The molecule has 1 amide bonds. The first kappa shape index (κ1) is 13.0. The molecule has 4 nitrogen and oxygen atoms in total. The number of carbonyl (C=O) groups is 1. The van der Waals surface area contributed by atoms with Crippen molar-refractivity contribution in [2.45, 2.75) is 19.5 Å². The minimum Gasteiger partial charge on any atom is -0.496 e. The third-order valence-electron chi connectivity index (χ3n) is 2.27. The first-order valence-corrected chi connectivity index (χ1v) is 5.69. The lowest BCUT2D eigenvalue weighted by molar-refractivity contribution is -0.119. The van der Waals surface area contributed by atoms with Crippen molar-refractivity contribution in [1.29, 1.82) is 0 Å². The van der Waals surface area contributed by atoms with E-state index < -0.39 is 0 Å². The average Bonchev–Trinajstić information content (AvgIpc) is 2.25. The molecule has 0 bridgehead atoms. The molecule has 0 saturated heterocycles. The lowest BCUT2D eigenvalue weighted by Gasteiger charge is -2.13. The van der Waals surface area contributed by atoms with Gasteiger partial charge in [0.1, 0.15) is 5.75 Å². The topological polar surface area (TPSA) is 64.3 Å². The van der Waals surface area contributed by atoms with Gasteiger partial charge < -0.3 is 15.8 Å². The maximum atomic E-state index is 10.9. The van der Waals surface area contributed by atoms with Crippen molar-refractivity contribution in [3.8, 4) is 5.75 Å². The largest absolute Gasteiger partial charge is 0.496 e. The van der Waals surface area contributed by atoms with Gasteiger partial charge in [-0.3, -0.25) is 4.79 Å². The van der Waals surface area contributed by atoms with E-state index in [-0.39, 0.29) is 11.9 Å². The second-order valence-corrected chi connectivity index (χ2v) is 4.38. The Labute approximate surface area is 103 Å². The van der Waals surface area contributed by atoms with E-state index in [1.54, 1.807) is 14.0 Å². The van der Waals surface area contributed by atoms with Crippen LogP contribution in [0, 0.1) is 0 Å². The van der Waals surface area contributed by atoms with Crippen molar-refractivity contribution in [2.75, 3.05) is 7.11 Å². The van der Waals surface area contributed by atoms with Crippen molar-refractivity contribution in [3.05, 3.63) is 28.2 Å². The first-order valence-electron chi connectivity index (χ1n) is 4.89. The van der Waals surface area contributed by atoms with E-state index in [4.69, 9.17) is 10.5 Å². The summed E-state index contributed by atoms with van der Waals surface area (Å²) in [6, 6.07) is 5.36. The molecule has 0 spiro atoms. The van der Waals surface area contributed by atoms with Crippen LogP contribution < -0.4 is 15.8 Å². The van der Waals surface area contributed by atoms with Crippen molar-refractivity contribution >= 4 is 21.8 Å². The second kappa shape index (κ2) is 5.86. The monoisotopic (exact) mass is 286 g/mol. The number of primary amides is 1. The maximum absolute atomic E-state index is 10.9. The van der Waals surface area contributed by atoms with Gasteiger partial charge in [0.25, 0.3) is 0 Å². The lowest BCUT2D eigenvalue weighted by Crippen LogP contribution is -2.38. The highest BCUT2D eigenvalue weighted by atomic mass is 79.9. The van der Waals surface area contributed by atoms with Gasteiger partial charge >= 0.3 is 0 Å². The standard InChI is InChI=1S/C11H15BrN2O2/c1-7(11(13)15)14-6-8-5-9(12)3-4-10(8)16-2/h3-5,7,14H,6H2,1-2H3,(H2,13,15). The normalized spacial score (nSPS) is 12.2. The Bertz CT molecular complexity index is 382. The first-order chi connectivity index (χ1) is 7.54. The summed E-state index contributed by atoms with van der Waals surface area (Å²) in [5, 5.41) is 3.02. The lowest BCUT2D eigenvalue weighted by atomic mass is 10.2. The predicted octanol–water partition coefficient (Wildman–Crippen LogP) is 1.42. The minimum absolute atomic E-state index is 0.358. The molecule has 0 heterocycles. The van der Waals surface area contributed by atoms with Gasteiger partial charge in [-0.25, -0.2) is 0 Å². The highest BCUT2D eigenvalue weighted by Gasteiger charge is 2.09. The summed E-state index contributed by atoms with van der Waals surface area (Å²) >= 11 is 3.39. The van der Waals surface area contributed by atoms with Gasteiger partial charge in [0.2, 0.25) is 5.91 Å². The Morgan fingerprint density at radius 1 is 1.62 bits per heavy atom. The van der Waals surface area contributed by atoms with Crippen LogP contribution in [-0.4, -0.2) is 19.1 Å². The molecule has 1 atom stereocenters. The molecule has 1 unspecified atom stereocenters. The number of methoxy groups -OCH3 is 1. The summed E-state index contributed by atoms with van der Waals surface area (Å²) in [7, 11) is 1.62. The number of hydrogen-bond acceptors (Lipinski definition) is 3. The Morgan fingerprint density at radius 3 is 2.88 bits per heavy atom. The van der Waals surface area contributed by atoms with E-state index in [0.717, 1.165) is 15.8 Å². The zero-order valence-corrected chi connectivity index (χ0v) is 10.9. The highest BCUT2D eigenvalue weighted by Crippen LogP contribution is 2.22. The third kappa shape index (κ3) is 3.50. The number of halogens is 1. The number of hydrogen-bond donors (Lipinski definition) is 2. The molecule has 0 fully saturated rings. The Kier molecular flexibility index (Phi) is 4.76. The average molecular weight is 287 g/mol. The summed E-state index contributed by atoms with van der Waals surface area (Å²) < 4.78 is 6.19. The molecular formula is C11H15BrN2O2. The summed E-state index contributed by atoms with van der Waals surface area (Å²) in [6.07, 6.45) is 0. The number of nitrogens with two attached hydrogens (primary N) is 1. The molecule has 0 aromatic heterocycles. The van der Waals surface area contributed by atoms with Crippen molar-refractivity contribution in [2.24, 2.45) is 5.73 Å². The predicted molar refractivity (Wildman–Crippen MR) is 66.2 cm³/mol. The fourth-order valence-corrected chi connectivity index (χ4v) is 1.66. The number of ether oxygens (including phenoxy) is 1. The number of amides is 1. The van der Waals surface area contributed by atoms with Crippen LogP contribution >= 0.6 is 15.9 Å². The van der Waals surface area contributed by atoms with Gasteiger partial charge in [0, 0.05) is 16.6 Å². The van der Waals surface area contributed by atoms with Crippen molar-refractivity contribution in [3.63, 3.8) is 0 Å². The van der Waals surface area contributed by atoms with Gasteiger partial charge in [-0.05, 0) is 25.1 Å². The van der Waals surface area contributed by atoms with E-state index in [1.807, 2.05) is 18.2 Å². The van der Waals surface area contributed by atoms with Gasteiger partial charge in [-0.2, -0.15) is 0 Å². The fraction of sp³-hybridized carbons (Fsp3) is 0.364. The van der Waals surface area contributed by atoms with Crippen LogP contribution in [0.3, 0.4) is 0 Å². The number of nitrogens with one attached hydrogen (secondary N) is 1. The van der Waals surface area contributed by atoms with Crippen LogP contribution in [0.1, 0.15) is 12.5 Å². The van der Waals surface area contributed by atoms with Crippen LogP contribution in [0.25, 0.3) is 0 Å². The molecule has 5 heteroatoms. The zero-order chi connectivity index (χ0) is 12.1. The molecular weight excluding hydrogens is 272 g/mol. The van der Waals surface area contributed by atoms with Crippen LogP contribution in [0.15, 0.2) is 22.7 Å². The van der Waals surface area contributed by atoms with Crippen molar-refractivity contribution < 1.29 is 9.53 Å². The quantitative estimate of drug-likeness (QED) is 0.861. The van der Waals surface area contributed by atoms with Crippen LogP contribution in [-0.2, 0) is 11.3 Å². The van der Waals surface area contributed by atoms with Gasteiger partial charge in [-0.15, -0.1) is 0 Å². The third-order valence-corrected chi connectivity index (χ3v) is 2.76. The molecule has 1 aromatic rings. The Balaban J connectivity index is 2.72. The van der Waals surface area contributed by atoms with E-state index in [9.17, 15) is 4.79 Å². The van der Waals surface area contributed by atoms with Crippen LogP contribution in [0.4, 0.5) is 0 Å². The molecule has 16 heavy (non-hydrogen) atoms. The van der Waals surface area contributed by atoms with Gasteiger partial charge in [-0.1, -0.05) is 15.9 Å². The summed E-state index contributed by atoms with van der Waals surface area (Å²) in [4.78, 5) is 10.9. The van der Waals surface area contributed by atoms with E-state index in [0.29, 0.717) is 6.54 Å². The van der Waals surface area contributed by atoms with Crippen molar-refractivity contribution in [1.82, 2.24) is 5.32 Å². The maximum Gasteiger partial charge on any atom is 0.234 e. The summed E-state index contributed by atoms with van der Waals surface area (Å²) in [5.74, 6) is 0.418.